The molecule has 0 radical (unpaired) electrons. The molecule has 3 atom stereocenters. The molecular formula is C31H35F4N5O. The van der Waals surface area contributed by atoms with Crippen molar-refractivity contribution in [3.8, 4) is 6.07 Å². The molecule has 1 aliphatic heterocycles. The van der Waals surface area contributed by atoms with Gasteiger partial charge in [0.05, 0.1) is 17.2 Å². The highest BCUT2D eigenvalue weighted by atomic mass is 19.4. The maximum atomic E-state index is 13.9. The zero-order valence-electron chi connectivity index (χ0n) is 23.0. The van der Waals surface area contributed by atoms with Crippen molar-refractivity contribution in [2.75, 3.05) is 51.1 Å². The van der Waals surface area contributed by atoms with Gasteiger partial charge in [-0.25, -0.2) is 9.18 Å². The summed E-state index contributed by atoms with van der Waals surface area (Å²) in [4.78, 5) is 20.3. The molecule has 2 aromatic rings. The number of urea groups is 1. The molecule has 41 heavy (non-hydrogen) atoms. The lowest BCUT2D eigenvalue weighted by Crippen LogP contribution is -2.51. The Bertz CT molecular complexity index is 1330. The zero-order chi connectivity index (χ0) is 28.8. The lowest BCUT2D eigenvalue weighted by Gasteiger charge is -2.37. The molecule has 6 nitrogen and oxygen atoms in total. The summed E-state index contributed by atoms with van der Waals surface area (Å²) in [5.41, 5.74) is 0.168. The minimum atomic E-state index is -4.86. The van der Waals surface area contributed by atoms with E-state index in [4.69, 9.17) is 0 Å². The number of hydrogen-bond donors (Lipinski definition) is 1. The third-order valence-corrected chi connectivity index (χ3v) is 9.57. The first kappa shape index (κ1) is 28.0. The van der Waals surface area contributed by atoms with Crippen LogP contribution in [0.15, 0.2) is 42.5 Å². The van der Waals surface area contributed by atoms with E-state index in [1.54, 1.807) is 11.0 Å². The number of alkyl halides is 3. The topological polar surface area (TPSA) is 62.6 Å². The maximum Gasteiger partial charge on any atom is 0.419 e. The Morgan fingerprint density at radius 3 is 2.51 bits per heavy atom. The maximum absolute atomic E-state index is 13.9. The first-order valence-corrected chi connectivity index (χ1v) is 14.6. The van der Waals surface area contributed by atoms with Gasteiger partial charge in [0, 0.05) is 63.0 Å². The molecule has 0 bridgehead atoms. The zero-order valence-corrected chi connectivity index (χ0v) is 23.0. The molecule has 3 saturated carbocycles. The molecule has 0 unspecified atom stereocenters. The first-order chi connectivity index (χ1) is 19.7. The van der Waals surface area contributed by atoms with E-state index in [1.165, 1.54) is 25.5 Å². The second kappa shape index (κ2) is 10.9. The van der Waals surface area contributed by atoms with Gasteiger partial charge in [-0.15, -0.1) is 0 Å². The van der Waals surface area contributed by atoms with Crippen LogP contribution < -0.4 is 5.32 Å². The van der Waals surface area contributed by atoms with Gasteiger partial charge in [0.15, 0.2) is 0 Å². The third-order valence-electron chi connectivity index (χ3n) is 9.57. The molecule has 4 fully saturated rings. The monoisotopic (exact) mass is 569 g/mol. The molecule has 2 aromatic carbocycles. The summed E-state index contributed by atoms with van der Waals surface area (Å²) in [7, 11) is 0. The second-order valence-corrected chi connectivity index (χ2v) is 12.2. The Morgan fingerprint density at radius 2 is 1.83 bits per heavy atom. The van der Waals surface area contributed by atoms with Crippen molar-refractivity contribution in [3.63, 3.8) is 0 Å². The third kappa shape index (κ3) is 5.93. The smallest absolute Gasteiger partial charge is 0.320 e. The molecule has 218 valence electrons. The Kier molecular flexibility index (Phi) is 7.45. The summed E-state index contributed by atoms with van der Waals surface area (Å²) in [5.74, 6) is -0.303. The fourth-order valence-corrected chi connectivity index (χ4v) is 7.02. The number of fused-ring (bicyclic) bond motifs is 1. The van der Waals surface area contributed by atoms with Crippen molar-refractivity contribution in [2.24, 2.45) is 11.8 Å². The van der Waals surface area contributed by atoms with Crippen LogP contribution in [0.25, 0.3) is 0 Å². The normalized spacial score (nSPS) is 26.3. The molecule has 1 heterocycles. The van der Waals surface area contributed by atoms with Gasteiger partial charge in [0.2, 0.25) is 0 Å². The van der Waals surface area contributed by atoms with Crippen molar-refractivity contribution in [1.29, 1.82) is 5.26 Å². The largest absolute Gasteiger partial charge is 0.419 e. The van der Waals surface area contributed by atoms with Crippen molar-refractivity contribution in [2.45, 2.75) is 49.7 Å². The van der Waals surface area contributed by atoms with Crippen LogP contribution in [0.2, 0.25) is 0 Å². The number of carbonyl (C=O) groups is 1. The summed E-state index contributed by atoms with van der Waals surface area (Å²) >= 11 is 0. The van der Waals surface area contributed by atoms with E-state index in [0.717, 1.165) is 63.0 Å². The van der Waals surface area contributed by atoms with Gasteiger partial charge in [-0.3, -0.25) is 4.90 Å². The molecular weight excluding hydrogens is 534 g/mol. The fourth-order valence-electron chi connectivity index (χ4n) is 7.02. The minimum absolute atomic E-state index is 0.0700. The van der Waals surface area contributed by atoms with Crippen LogP contribution >= 0.6 is 0 Å². The van der Waals surface area contributed by atoms with Gasteiger partial charge in [0.25, 0.3) is 0 Å². The Morgan fingerprint density at radius 1 is 1.07 bits per heavy atom. The molecule has 6 rings (SSSR count). The summed E-state index contributed by atoms with van der Waals surface area (Å²) in [6.45, 7) is 6.16. The predicted molar refractivity (Wildman–Crippen MR) is 147 cm³/mol. The number of anilines is 1. The summed E-state index contributed by atoms with van der Waals surface area (Å²) < 4.78 is 53.8. The molecule has 1 saturated heterocycles. The average molecular weight is 570 g/mol. The van der Waals surface area contributed by atoms with Crippen LogP contribution in [0, 0.1) is 29.0 Å². The van der Waals surface area contributed by atoms with Crippen LogP contribution in [-0.2, 0) is 11.6 Å². The van der Waals surface area contributed by atoms with Crippen LogP contribution in [-0.4, -0.2) is 72.6 Å². The molecule has 2 amide bonds. The van der Waals surface area contributed by atoms with Gasteiger partial charge in [-0.2, -0.15) is 18.4 Å². The number of nitrogens with one attached hydrogen (secondary N) is 1. The summed E-state index contributed by atoms with van der Waals surface area (Å²) in [5, 5.41) is 12.0. The van der Waals surface area contributed by atoms with Crippen LogP contribution in [0.4, 0.5) is 28.0 Å². The van der Waals surface area contributed by atoms with Gasteiger partial charge >= 0.3 is 12.2 Å². The number of nitrogens with zero attached hydrogens (tertiary/aromatic N) is 4. The Hall–Kier alpha value is -3.16. The predicted octanol–water partition coefficient (Wildman–Crippen LogP) is 5.70. The number of piperazine rings is 1. The molecule has 1 N–H and O–H groups in total. The van der Waals surface area contributed by atoms with Gasteiger partial charge < -0.3 is 15.1 Å². The number of nitriles is 1. The van der Waals surface area contributed by atoms with E-state index in [-0.39, 0.29) is 23.1 Å². The van der Waals surface area contributed by atoms with Crippen molar-refractivity contribution < 1.29 is 22.4 Å². The molecule has 0 aromatic heterocycles. The van der Waals surface area contributed by atoms with Gasteiger partial charge in [0.1, 0.15) is 5.82 Å². The minimum Gasteiger partial charge on any atom is -0.320 e. The van der Waals surface area contributed by atoms with Crippen molar-refractivity contribution in [1.82, 2.24) is 14.7 Å². The highest BCUT2D eigenvalue weighted by Gasteiger charge is 2.64. The summed E-state index contributed by atoms with van der Waals surface area (Å²) in [6, 6.07) is 11.9. The van der Waals surface area contributed by atoms with E-state index in [2.05, 4.69) is 21.2 Å². The number of rotatable bonds is 8. The van der Waals surface area contributed by atoms with Crippen molar-refractivity contribution >= 4 is 11.7 Å². The number of carbonyl (C=O) groups excluding carboxylic acids is 1. The molecule has 4 aliphatic rings. The fraction of sp³-hybridized carbons (Fsp3) is 0.548. The Labute approximate surface area is 237 Å². The van der Waals surface area contributed by atoms with Gasteiger partial charge in [-0.1, -0.05) is 12.1 Å². The lowest BCUT2D eigenvalue weighted by molar-refractivity contribution is -0.139. The summed E-state index contributed by atoms with van der Waals surface area (Å²) in [6.07, 6.45) is 0.367. The molecule has 10 heteroatoms. The number of benzene rings is 2. The van der Waals surface area contributed by atoms with E-state index in [0.29, 0.717) is 24.7 Å². The van der Waals surface area contributed by atoms with Crippen LogP contribution in [0.3, 0.4) is 0 Å². The number of hydrogen-bond acceptors (Lipinski definition) is 4. The van der Waals surface area contributed by atoms with E-state index >= 15 is 0 Å². The van der Waals surface area contributed by atoms with E-state index < -0.39 is 23.6 Å². The standard InChI is InChI=1S/C31H35F4N5O/c32-27-7-6-24(17-25(27)31(33,34)35)37-29(41)40(15-14-38-10-12-39(13-11-38)20-21-4-5-21)28-8-9-30(18-26(28)30)23-3-1-2-22(16-23)19-36/h1-3,6-7,16-17,21,26,28H,4-5,8-15,18,20H2,(H,37,41)/t26-,28-,30-/m1/s1. The highest BCUT2D eigenvalue weighted by molar-refractivity contribution is 5.89. The quantitative estimate of drug-likeness (QED) is 0.415. The molecule has 3 aliphatic carbocycles. The van der Waals surface area contributed by atoms with Gasteiger partial charge in [-0.05, 0) is 79.8 Å². The van der Waals surface area contributed by atoms with E-state index in [1.807, 2.05) is 18.2 Å². The SMILES string of the molecule is N#Cc1cccc([C@]23CC[C@@H](N(CCN4CCN(CC5CC5)CC4)C(=O)Nc4ccc(F)c(C(F)(F)F)c4)[C@H]2C3)c1. The Balaban J connectivity index is 1.17. The van der Waals surface area contributed by atoms with Crippen LogP contribution in [0.5, 0.6) is 0 Å². The lowest BCUT2D eigenvalue weighted by atomic mass is 9.92. The van der Waals surface area contributed by atoms with Crippen molar-refractivity contribution in [3.05, 3.63) is 65.0 Å². The van der Waals surface area contributed by atoms with E-state index in [9.17, 15) is 27.6 Å². The molecule has 0 spiro atoms. The average Bonchev–Trinajstić information content (AvgIpc) is 3.88. The first-order valence-electron chi connectivity index (χ1n) is 14.6. The second-order valence-electron chi connectivity index (χ2n) is 12.2. The van der Waals surface area contributed by atoms with Crippen LogP contribution in [0.1, 0.15) is 48.8 Å². The highest BCUT2D eigenvalue weighted by Crippen LogP contribution is 2.65. The number of amides is 2. The number of halogens is 4.